The van der Waals surface area contributed by atoms with Gasteiger partial charge in [-0.2, -0.15) is 17.0 Å². The van der Waals surface area contributed by atoms with E-state index in [9.17, 15) is 5.26 Å². The summed E-state index contributed by atoms with van der Waals surface area (Å²) < 4.78 is 0. The summed E-state index contributed by atoms with van der Waals surface area (Å²) in [5.74, 6) is 2.65. The van der Waals surface area contributed by atoms with E-state index in [1.807, 2.05) is 17.8 Å². The van der Waals surface area contributed by atoms with Gasteiger partial charge in [0.2, 0.25) is 0 Å². The Morgan fingerprint density at radius 1 is 1.26 bits per heavy atom. The van der Waals surface area contributed by atoms with Crippen molar-refractivity contribution in [3.05, 3.63) is 35.9 Å². The Hall–Kier alpha value is -1.02. The van der Waals surface area contributed by atoms with Gasteiger partial charge in [0.15, 0.2) is 0 Å². The molecular weight excluding hydrogens is 254 g/mol. The molecule has 4 heteroatoms. The van der Waals surface area contributed by atoms with Gasteiger partial charge in [-0.15, -0.1) is 0 Å². The molecule has 2 N–H and O–H groups in total. The molecule has 2 atom stereocenters. The fraction of sp³-hybridized carbons (Fsp3) is 0.533. The number of nitriles is 1. The van der Waals surface area contributed by atoms with Gasteiger partial charge in [0.25, 0.3) is 0 Å². The van der Waals surface area contributed by atoms with Gasteiger partial charge in [0.05, 0.1) is 6.07 Å². The minimum absolute atomic E-state index is 0.304. The molecule has 2 saturated heterocycles. The molecule has 3 rings (SSSR count). The van der Waals surface area contributed by atoms with Gasteiger partial charge in [-0.05, 0) is 5.56 Å². The lowest BCUT2D eigenvalue weighted by atomic mass is 9.73. The van der Waals surface area contributed by atoms with Crippen LogP contribution in [-0.4, -0.2) is 35.0 Å². The number of thioether (sulfide) groups is 1. The Morgan fingerprint density at radius 3 is 2.47 bits per heavy atom. The zero-order chi connectivity index (χ0) is 13.3. The highest BCUT2D eigenvalue weighted by molar-refractivity contribution is 7.99. The van der Waals surface area contributed by atoms with E-state index >= 15 is 0 Å². The molecular formula is C15H19N3S. The van der Waals surface area contributed by atoms with E-state index in [0.717, 1.165) is 31.1 Å². The van der Waals surface area contributed by atoms with Crippen molar-refractivity contribution in [2.24, 2.45) is 17.6 Å². The molecule has 0 amide bonds. The van der Waals surface area contributed by atoms with Crippen molar-refractivity contribution >= 4 is 11.8 Å². The Labute approximate surface area is 118 Å². The molecule has 0 aromatic heterocycles. The lowest BCUT2D eigenvalue weighted by molar-refractivity contribution is 0.0787. The molecule has 1 aromatic rings. The first-order valence-corrected chi connectivity index (χ1v) is 7.92. The van der Waals surface area contributed by atoms with Crippen molar-refractivity contribution in [3.63, 3.8) is 0 Å². The van der Waals surface area contributed by atoms with E-state index in [-0.39, 0.29) is 0 Å². The first-order valence-electron chi connectivity index (χ1n) is 6.76. The minimum atomic E-state index is -0.599. The lowest BCUT2D eigenvalue weighted by Crippen LogP contribution is -2.65. The zero-order valence-electron chi connectivity index (χ0n) is 11.0. The Bertz CT molecular complexity index is 468. The Morgan fingerprint density at radius 2 is 1.89 bits per heavy atom. The van der Waals surface area contributed by atoms with Crippen LogP contribution in [0.1, 0.15) is 5.56 Å². The van der Waals surface area contributed by atoms with Gasteiger partial charge >= 0.3 is 0 Å². The molecule has 2 aliphatic rings. The summed E-state index contributed by atoms with van der Waals surface area (Å²) in [7, 11) is 0. The highest BCUT2D eigenvalue weighted by atomic mass is 32.2. The highest BCUT2D eigenvalue weighted by Gasteiger charge is 2.49. The van der Waals surface area contributed by atoms with Crippen LogP contribution in [-0.2, 0) is 6.54 Å². The monoisotopic (exact) mass is 273 g/mol. The van der Waals surface area contributed by atoms with Gasteiger partial charge < -0.3 is 5.73 Å². The maximum atomic E-state index is 9.43. The maximum absolute atomic E-state index is 9.43. The van der Waals surface area contributed by atoms with Crippen LogP contribution < -0.4 is 5.73 Å². The van der Waals surface area contributed by atoms with Crippen LogP contribution in [0.2, 0.25) is 0 Å². The van der Waals surface area contributed by atoms with Crippen LogP contribution in [0.25, 0.3) is 0 Å². The molecule has 0 radical (unpaired) electrons. The second kappa shape index (κ2) is 5.16. The van der Waals surface area contributed by atoms with Gasteiger partial charge in [-0.3, -0.25) is 4.90 Å². The van der Waals surface area contributed by atoms with E-state index in [2.05, 4.69) is 35.2 Å². The van der Waals surface area contributed by atoms with Crippen LogP contribution in [0, 0.1) is 23.2 Å². The largest absolute Gasteiger partial charge is 0.313 e. The zero-order valence-corrected chi connectivity index (χ0v) is 11.8. The van der Waals surface area contributed by atoms with Crippen molar-refractivity contribution in [2.45, 2.75) is 12.1 Å². The molecule has 1 aromatic carbocycles. The van der Waals surface area contributed by atoms with Crippen LogP contribution >= 0.6 is 11.8 Å². The average molecular weight is 273 g/mol. The number of hydrogen-bond acceptors (Lipinski definition) is 4. The average Bonchev–Trinajstić information content (AvgIpc) is 2.41. The molecule has 100 valence electrons. The number of rotatable bonds is 2. The first-order chi connectivity index (χ1) is 9.22. The number of fused-ring (bicyclic) bond motifs is 2. The fourth-order valence-corrected chi connectivity index (χ4v) is 4.69. The third-order valence-corrected chi connectivity index (χ3v) is 5.67. The molecule has 0 saturated carbocycles. The van der Waals surface area contributed by atoms with Gasteiger partial charge in [0, 0.05) is 43.0 Å². The number of nitrogens with zero attached hydrogens (tertiary/aromatic N) is 2. The van der Waals surface area contributed by atoms with Gasteiger partial charge in [-0.25, -0.2) is 0 Å². The summed E-state index contributed by atoms with van der Waals surface area (Å²) in [6.45, 7) is 2.87. The maximum Gasteiger partial charge on any atom is 0.113 e. The highest BCUT2D eigenvalue weighted by Crippen LogP contribution is 2.39. The number of benzene rings is 1. The molecule has 0 aliphatic carbocycles. The normalized spacial score (nSPS) is 34.7. The van der Waals surface area contributed by atoms with Crippen LogP contribution in [0.5, 0.6) is 0 Å². The van der Waals surface area contributed by atoms with E-state index in [1.165, 1.54) is 5.56 Å². The molecule has 2 aliphatic heterocycles. The summed E-state index contributed by atoms with van der Waals surface area (Å²) in [4.78, 5) is 2.47. The predicted octanol–water partition coefficient (Wildman–Crippen LogP) is 1.70. The quantitative estimate of drug-likeness (QED) is 0.891. The van der Waals surface area contributed by atoms with E-state index in [0.29, 0.717) is 11.8 Å². The molecule has 2 heterocycles. The molecule has 3 nitrogen and oxygen atoms in total. The van der Waals surface area contributed by atoms with Crippen LogP contribution in [0.3, 0.4) is 0 Å². The van der Waals surface area contributed by atoms with Crippen molar-refractivity contribution in [1.29, 1.82) is 5.26 Å². The minimum Gasteiger partial charge on any atom is -0.313 e. The fourth-order valence-electron chi connectivity index (χ4n) is 3.22. The predicted molar refractivity (Wildman–Crippen MR) is 78.6 cm³/mol. The summed E-state index contributed by atoms with van der Waals surface area (Å²) in [5, 5.41) is 9.43. The summed E-state index contributed by atoms with van der Waals surface area (Å²) in [6.07, 6.45) is 0. The molecule has 2 fully saturated rings. The SMILES string of the molecule is N#CC1(N)C2CSCC1CN(Cc1ccccc1)C2. The molecule has 19 heavy (non-hydrogen) atoms. The molecule has 2 bridgehead atoms. The van der Waals surface area contributed by atoms with Gasteiger partial charge in [-0.1, -0.05) is 30.3 Å². The molecule has 2 unspecified atom stereocenters. The van der Waals surface area contributed by atoms with Crippen molar-refractivity contribution in [2.75, 3.05) is 24.6 Å². The summed E-state index contributed by atoms with van der Waals surface area (Å²) in [5.41, 5.74) is 7.11. The second-order valence-corrected chi connectivity index (χ2v) is 6.73. The summed E-state index contributed by atoms with van der Waals surface area (Å²) >= 11 is 1.96. The Kier molecular flexibility index (Phi) is 3.53. The van der Waals surface area contributed by atoms with Crippen LogP contribution in [0.15, 0.2) is 30.3 Å². The third kappa shape index (κ3) is 2.38. The van der Waals surface area contributed by atoms with Crippen LogP contribution in [0.4, 0.5) is 0 Å². The lowest BCUT2D eigenvalue weighted by Gasteiger charge is -2.50. The van der Waals surface area contributed by atoms with Crippen molar-refractivity contribution < 1.29 is 0 Å². The number of nitrogens with two attached hydrogens (primary N) is 1. The number of hydrogen-bond donors (Lipinski definition) is 1. The number of likely N-dealkylation sites (tertiary alicyclic amines) is 1. The second-order valence-electron chi connectivity index (χ2n) is 5.66. The first kappa shape index (κ1) is 13.0. The van der Waals surface area contributed by atoms with E-state index < -0.39 is 5.54 Å². The van der Waals surface area contributed by atoms with Gasteiger partial charge in [0.1, 0.15) is 5.54 Å². The van der Waals surface area contributed by atoms with E-state index in [1.54, 1.807) is 0 Å². The third-order valence-electron chi connectivity index (χ3n) is 4.39. The van der Waals surface area contributed by atoms with Crippen molar-refractivity contribution in [1.82, 2.24) is 4.90 Å². The van der Waals surface area contributed by atoms with E-state index in [4.69, 9.17) is 5.73 Å². The number of piperidine rings is 1. The smallest absolute Gasteiger partial charge is 0.113 e. The molecule has 0 spiro atoms. The van der Waals surface area contributed by atoms with Crippen molar-refractivity contribution in [3.8, 4) is 6.07 Å². The summed E-state index contributed by atoms with van der Waals surface area (Å²) in [6, 6.07) is 12.9. The topological polar surface area (TPSA) is 53.1 Å². The standard InChI is InChI=1S/C15H19N3S/c16-11-15(17)13-7-18(8-14(15)10-19-9-13)6-12-4-2-1-3-5-12/h1-5,13-14H,6-10,17H2. The Balaban J connectivity index is 1.74.